The Balaban J connectivity index is 1.27. The lowest BCUT2D eigenvalue weighted by atomic mass is 9.91. The number of hydrogen-bond donors (Lipinski definition) is 1. The van der Waals surface area contributed by atoms with Crippen molar-refractivity contribution in [3.8, 4) is 11.8 Å². The number of nitrogen functional groups attached to an aromatic ring is 1. The van der Waals surface area contributed by atoms with Crippen LogP contribution in [0.3, 0.4) is 0 Å². The summed E-state index contributed by atoms with van der Waals surface area (Å²) < 4.78 is 89.3. The van der Waals surface area contributed by atoms with E-state index in [0.29, 0.717) is 61.0 Å². The molecular formula is C35H40ClF5N8O4. The average Bonchev–Trinajstić information content (AvgIpc) is 3.69. The predicted molar refractivity (Wildman–Crippen MR) is 184 cm³/mol. The van der Waals surface area contributed by atoms with E-state index in [-0.39, 0.29) is 61.0 Å². The van der Waals surface area contributed by atoms with Crippen molar-refractivity contribution in [3.05, 3.63) is 63.1 Å². The molecule has 3 atom stereocenters. The van der Waals surface area contributed by atoms with Crippen LogP contribution in [-0.4, -0.2) is 88.4 Å². The minimum atomic E-state index is -4.78. The highest BCUT2D eigenvalue weighted by atomic mass is 35.5. The number of aromatic nitrogens is 4. The Bertz CT molecular complexity index is 1940. The van der Waals surface area contributed by atoms with Crippen LogP contribution in [0.15, 0.2) is 24.3 Å². The smallest absolute Gasteiger partial charge is 0.418 e. The van der Waals surface area contributed by atoms with E-state index >= 15 is 0 Å². The average molecular weight is 767 g/mol. The molecule has 12 nitrogen and oxygen atoms in total. The zero-order valence-corrected chi connectivity index (χ0v) is 30.2. The van der Waals surface area contributed by atoms with E-state index in [0.717, 1.165) is 31.5 Å². The lowest BCUT2D eigenvalue weighted by molar-refractivity contribution is -0.139. The fourth-order valence-electron chi connectivity index (χ4n) is 8.25. The number of rotatable bonds is 8. The number of carbonyl (C=O) groups is 1. The standard InChI is InChI=1S/C35H40ClF5N8O4/c1-46(2)32(50)29-30(51-3)25-16-47(7-5-9-49(25)45-29)31-22-17-52-26(21-11-20(42)12-23(36)28(21)35(39,40)41)13-24(22)43-33(44-31)53-18-34-6-4-8-48(34)15-19(14-34)10-27(37)38/h10-12,19,26H,4-9,13-18,42H2,1-3H3/t19-,26?,34+/m0/s1. The Kier molecular flexibility index (Phi) is 9.95. The molecule has 4 aliphatic rings. The van der Waals surface area contributed by atoms with E-state index in [1.807, 2.05) is 4.90 Å². The van der Waals surface area contributed by atoms with Crippen molar-refractivity contribution >= 4 is 29.0 Å². The molecule has 53 heavy (non-hydrogen) atoms. The van der Waals surface area contributed by atoms with Crippen LogP contribution in [0.2, 0.25) is 5.02 Å². The molecule has 1 amide bonds. The van der Waals surface area contributed by atoms with Crippen molar-refractivity contribution in [2.24, 2.45) is 5.92 Å². The molecule has 1 unspecified atom stereocenters. The van der Waals surface area contributed by atoms with Crippen molar-refractivity contribution in [1.82, 2.24) is 29.5 Å². The molecular weight excluding hydrogens is 727 g/mol. The Hall–Kier alpha value is -4.22. The highest BCUT2D eigenvalue weighted by molar-refractivity contribution is 6.31. The number of fused-ring (bicyclic) bond motifs is 3. The second kappa shape index (κ2) is 14.2. The number of anilines is 2. The van der Waals surface area contributed by atoms with Gasteiger partial charge in [0.1, 0.15) is 18.1 Å². The Labute approximate surface area is 307 Å². The maximum atomic E-state index is 14.3. The van der Waals surface area contributed by atoms with Gasteiger partial charge in [0.05, 0.1) is 48.2 Å². The van der Waals surface area contributed by atoms with Gasteiger partial charge < -0.3 is 29.7 Å². The molecule has 0 saturated carbocycles. The lowest BCUT2D eigenvalue weighted by Crippen LogP contribution is -2.43. The molecule has 2 aromatic heterocycles. The van der Waals surface area contributed by atoms with Gasteiger partial charge >= 0.3 is 12.2 Å². The SMILES string of the molecule is COc1c(C(=O)N(C)C)nn2c1CN(c1nc(OC[C@]34CCCN3C[C@@H](C=C(F)F)C4)nc3c1COC(c1cc(N)cc(Cl)c1C(F)(F)F)C3)CCC2. The highest BCUT2D eigenvalue weighted by Gasteiger charge is 2.49. The van der Waals surface area contributed by atoms with Crippen molar-refractivity contribution in [2.45, 2.75) is 69.6 Å². The van der Waals surface area contributed by atoms with Crippen LogP contribution < -0.4 is 20.1 Å². The van der Waals surface area contributed by atoms with Gasteiger partial charge in [-0.3, -0.25) is 14.4 Å². The fraction of sp³-hybridized carbons (Fsp3) is 0.543. The van der Waals surface area contributed by atoms with Gasteiger partial charge in [-0.25, -0.2) is 0 Å². The van der Waals surface area contributed by atoms with Crippen LogP contribution >= 0.6 is 11.6 Å². The third kappa shape index (κ3) is 7.10. The molecule has 2 saturated heterocycles. The molecule has 4 aliphatic heterocycles. The molecule has 2 fully saturated rings. The summed E-state index contributed by atoms with van der Waals surface area (Å²) in [7, 11) is 4.73. The molecule has 0 spiro atoms. The van der Waals surface area contributed by atoms with E-state index in [1.54, 1.807) is 18.8 Å². The Morgan fingerprint density at radius 1 is 1.19 bits per heavy atom. The number of carbonyl (C=O) groups excluding carboxylic acids is 1. The summed E-state index contributed by atoms with van der Waals surface area (Å²) in [5.74, 6) is 0.146. The van der Waals surface area contributed by atoms with E-state index < -0.39 is 34.5 Å². The molecule has 0 radical (unpaired) electrons. The molecule has 2 N–H and O–H groups in total. The Morgan fingerprint density at radius 2 is 1.98 bits per heavy atom. The van der Waals surface area contributed by atoms with Crippen LogP contribution in [0.5, 0.6) is 11.8 Å². The minimum Gasteiger partial charge on any atom is -0.492 e. The van der Waals surface area contributed by atoms with Crippen LogP contribution in [0.4, 0.5) is 33.5 Å². The number of ether oxygens (including phenoxy) is 3. The van der Waals surface area contributed by atoms with Gasteiger partial charge in [0.15, 0.2) is 11.4 Å². The first-order valence-electron chi connectivity index (χ1n) is 17.4. The number of nitrogens with zero attached hydrogens (tertiary/aromatic N) is 7. The second-order valence-corrected chi connectivity index (χ2v) is 14.6. The van der Waals surface area contributed by atoms with Crippen LogP contribution in [-0.2, 0) is 37.0 Å². The fourth-order valence-corrected chi connectivity index (χ4v) is 8.60. The van der Waals surface area contributed by atoms with Crippen LogP contribution in [0, 0.1) is 5.92 Å². The molecule has 7 rings (SSSR count). The maximum Gasteiger partial charge on any atom is 0.418 e. The second-order valence-electron chi connectivity index (χ2n) is 14.2. The monoisotopic (exact) mass is 766 g/mol. The first-order chi connectivity index (χ1) is 25.2. The van der Waals surface area contributed by atoms with Gasteiger partial charge in [0.2, 0.25) is 0 Å². The summed E-state index contributed by atoms with van der Waals surface area (Å²) in [5, 5.41) is 4.04. The summed E-state index contributed by atoms with van der Waals surface area (Å²) in [6.45, 7) is 2.47. The van der Waals surface area contributed by atoms with Crippen molar-refractivity contribution in [1.29, 1.82) is 0 Å². The number of amides is 1. The summed E-state index contributed by atoms with van der Waals surface area (Å²) in [6, 6.07) is 2.28. The van der Waals surface area contributed by atoms with Crippen molar-refractivity contribution in [2.75, 3.05) is 58.1 Å². The molecule has 0 aliphatic carbocycles. The molecule has 6 heterocycles. The van der Waals surface area contributed by atoms with Gasteiger partial charge in [-0.2, -0.15) is 37.0 Å². The highest BCUT2D eigenvalue weighted by Crippen LogP contribution is 2.46. The zero-order chi connectivity index (χ0) is 37.8. The van der Waals surface area contributed by atoms with Gasteiger partial charge in [0.25, 0.3) is 12.0 Å². The number of alkyl halides is 3. The van der Waals surface area contributed by atoms with Crippen molar-refractivity contribution in [3.63, 3.8) is 0 Å². The van der Waals surface area contributed by atoms with Gasteiger partial charge in [0, 0.05) is 51.4 Å². The number of nitrogens with two attached hydrogens (primary N) is 1. The third-order valence-electron chi connectivity index (χ3n) is 10.6. The summed E-state index contributed by atoms with van der Waals surface area (Å²) >= 11 is 6.10. The van der Waals surface area contributed by atoms with E-state index in [4.69, 9.17) is 41.5 Å². The third-order valence-corrected chi connectivity index (χ3v) is 10.9. The number of hydrogen-bond acceptors (Lipinski definition) is 10. The van der Waals surface area contributed by atoms with E-state index in [1.165, 1.54) is 18.1 Å². The molecule has 18 heteroatoms. The molecule has 286 valence electrons. The van der Waals surface area contributed by atoms with E-state index in [9.17, 15) is 26.7 Å². The maximum absolute atomic E-state index is 14.3. The van der Waals surface area contributed by atoms with Gasteiger partial charge in [-0.15, -0.1) is 0 Å². The predicted octanol–water partition coefficient (Wildman–Crippen LogP) is 5.88. The largest absolute Gasteiger partial charge is 0.492 e. The van der Waals surface area contributed by atoms with Crippen LogP contribution in [0.1, 0.15) is 70.4 Å². The first-order valence-corrected chi connectivity index (χ1v) is 17.7. The van der Waals surface area contributed by atoms with Crippen LogP contribution in [0.25, 0.3) is 0 Å². The number of benzene rings is 1. The molecule has 1 aromatic carbocycles. The zero-order valence-electron chi connectivity index (χ0n) is 29.5. The lowest BCUT2D eigenvalue weighted by Gasteiger charge is -2.33. The number of methoxy groups -OCH3 is 1. The molecule has 3 aromatic rings. The first kappa shape index (κ1) is 37.1. The normalized spacial score (nSPS) is 22.8. The quantitative estimate of drug-likeness (QED) is 0.220. The summed E-state index contributed by atoms with van der Waals surface area (Å²) in [4.78, 5) is 28.2. The molecule has 0 bridgehead atoms. The Morgan fingerprint density at radius 3 is 2.70 bits per heavy atom. The van der Waals surface area contributed by atoms with Gasteiger partial charge in [-0.1, -0.05) is 11.6 Å². The minimum absolute atomic E-state index is 0.00568. The summed E-state index contributed by atoms with van der Waals surface area (Å²) in [6.07, 6.45) is -3.92. The van der Waals surface area contributed by atoms with Crippen molar-refractivity contribution < 1.29 is 41.0 Å². The number of aryl methyl sites for hydroxylation is 1. The van der Waals surface area contributed by atoms with Gasteiger partial charge in [-0.05, 0) is 61.9 Å². The summed E-state index contributed by atoms with van der Waals surface area (Å²) in [5.41, 5.74) is 6.11. The topological polar surface area (TPSA) is 124 Å². The van der Waals surface area contributed by atoms with E-state index in [2.05, 4.69) is 10.00 Å². The number of halogens is 6.